The third kappa shape index (κ3) is 2.81. The molecule has 2 atom stereocenters. The van der Waals surface area contributed by atoms with Gasteiger partial charge in [0.15, 0.2) is 0 Å². The number of carbonyl (C=O) groups excluding carboxylic acids is 1. The molecular formula is C12H23NO. The van der Waals surface area contributed by atoms with E-state index in [-0.39, 0.29) is 5.41 Å². The molecule has 1 aliphatic rings. The number of carbonyl (C=O) groups is 1. The van der Waals surface area contributed by atoms with Crippen molar-refractivity contribution in [1.82, 2.24) is 4.90 Å². The van der Waals surface area contributed by atoms with Crippen LogP contribution in [0.15, 0.2) is 0 Å². The minimum atomic E-state index is -0.189. The van der Waals surface area contributed by atoms with Gasteiger partial charge in [-0.2, -0.15) is 0 Å². The predicted octanol–water partition coefficient (Wildman–Crippen LogP) is 2.33. The van der Waals surface area contributed by atoms with Crippen LogP contribution in [0.4, 0.5) is 0 Å². The summed E-state index contributed by atoms with van der Waals surface area (Å²) in [5.41, 5.74) is -0.189. The maximum absolute atomic E-state index is 10.9. The topological polar surface area (TPSA) is 20.3 Å². The third-order valence-electron chi connectivity index (χ3n) is 3.43. The Morgan fingerprint density at radius 1 is 1.43 bits per heavy atom. The lowest BCUT2D eigenvalue weighted by Gasteiger charge is -2.40. The molecule has 0 N–H and O–H groups in total. The highest BCUT2D eigenvalue weighted by molar-refractivity contribution is 5.58. The SMILES string of the molecule is CC1CCCN(CC(C)(C)C=O)C1C. The quantitative estimate of drug-likeness (QED) is 0.647. The molecule has 0 aromatic carbocycles. The van der Waals surface area contributed by atoms with Crippen LogP contribution < -0.4 is 0 Å². The molecule has 0 radical (unpaired) electrons. The van der Waals surface area contributed by atoms with E-state index in [1.54, 1.807) is 0 Å². The molecule has 14 heavy (non-hydrogen) atoms. The van der Waals surface area contributed by atoms with Gasteiger partial charge in [0.1, 0.15) is 6.29 Å². The van der Waals surface area contributed by atoms with E-state index in [0.717, 1.165) is 25.3 Å². The average Bonchev–Trinajstić information content (AvgIpc) is 2.13. The van der Waals surface area contributed by atoms with Crippen LogP contribution in [0, 0.1) is 11.3 Å². The fourth-order valence-corrected chi connectivity index (χ4v) is 2.20. The van der Waals surface area contributed by atoms with Gasteiger partial charge in [-0.15, -0.1) is 0 Å². The van der Waals surface area contributed by atoms with E-state index in [9.17, 15) is 4.79 Å². The molecule has 1 heterocycles. The highest BCUT2D eigenvalue weighted by Crippen LogP contribution is 2.25. The van der Waals surface area contributed by atoms with E-state index < -0.39 is 0 Å². The second kappa shape index (κ2) is 4.43. The molecular weight excluding hydrogens is 174 g/mol. The van der Waals surface area contributed by atoms with Gasteiger partial charge in [0.05, 0.1) is 0 Å². The molecule has 0 aliphatic carbocycles. The Balaban J connectivity index is 2.55. The first-order chi connectivity index (χ1) is 6.46. The molecule has 1 rings (SSSR count). The van der Waals surface area contributed by atoms with Crippen molar-refractivity contribution in [3.63, 3.8) is 0 Å². The Labute approximate surface area is 87.7 Å². The maximum atomic E-state index is 10.9. The van der Waals surface area contributed by atoms with Crippen LogP contribution in [0.25, 0.3) is 0 Å². The Bertz CT molecular complexity index is 200. The molecule has 0 aromatic heterocycles. The minimum absolute atomic E-state index is 0.189. The van der Waals surface area contributed by atoms with Crippen LogP contribution in [-0.2, 0) is 4.79 Å². The van der Waals surface area contributed by atoms with Crippen molar-refractivity contribution >= 4 is 6.29 Å². The van der Waals surface area contributed by atoms with E-state index in [4.69, 9.17) is 0 Å². The molecule has 1 fully saturated rings. The molecule has 0 spiro atoms. The van der Waals surface area contributed by atoms with Crippen molar-refractivity contribution < 1.29 is 4.79 Å². The van der Waals surface area contributed by atoms with Crippen LogP contribution in [0.5, 0.6) is 0 Å². The van der Waals surface area contributed by atoms with Crippen molar-refractivity contribution in [2.75, 3.05) is 13.1 Å². The summed E-state index contributed by atoms with van der Waals surface area (Å²) >= 11 is 0. The molecule has 2 heteroatoms. The van der Waals surface area contributed by atoms with Crippen molar-refractivity contribution in [1.29, 1.82) is 0 Å². The summed E-state index contributed by atoms with van der Waals surface area (Å²) in [6.45, 7) is 10.7. The van der Waals surface area contributed by atoms with Gasteiger partial charge in [-0.25, -0.2) is 0 Å². The Hall–Kier alpha value is -0.370. The van der Waals surface area contributed by atoms with Gasteiger partial charge in [-0.05, 0) is 32.2 Å². The minimum Gasteiger partial charge on any atom is -0.303 e. The zero-order chi connectivity index (χ0) is 10.8. The summed E-state index contributed by atoms with van der Waals surface area (Å²) in [5, 5.41) is 0. The smallest absolute Gasteiger partial charge is 0.126 e. The van der Waals surface area contributed by atoms with Gasteiger partial charge in [0.25, 0.3) is 0 Å². The zero-order valence-electron chi connectivity index (χ0n) is 9.92. The Morgan fingerprint density at radius 2 is 2.07 bits per heavy atom. The molecule has 0 saturated carbocycles. The first kappa shape index (κ1) is 11.7. The average molecular weight is 197 g/mol. The predicted molar refractivity (Wildman–Crippen MR) is 59.3 cm³/mol. The fraction of sp³-hybridized carbons (Fsp3) is 0.917. The normalized spacial score (nSPS) is 30.3. The van der Waals surface area contributed by atoms with Crippen LogP contribution in [-0.4, -0.2) is 30.3 Å². The molecule has 0 aromatic rings. The number of nitrogens with zero attached hydrogens (tertiary/aromatic N) is 1. The molecule has 2 nitrogen and oxygen atoms in total. The van der Waals surface area contributed by atoms with E-state index in [2.05, 4.69) is 18.7 Å². The van der Waals surface area contributed by atoms with Gasteiger partial charge < -0.3 is 4.79 Å². The first-order valence-corrected chi connectivity index (χ1v) is 5.66. The van der Waals surface area contributed by atoms with Gasteiger partial charge in [0, 0.05) is 18.0 Å². The van der Waals surface area contributed by atoms with E-state index in [0.29, 0.717) is 6.04 Å². The summed E-state index contributed by atoms with van der Waals surface area (Å²) in [4.78, 5) is 13.3. The van der Waals surface area contributed by atoms with Crippen molar-refractivity contribution in [2.45, 2.75) is 46.6 Å². The number of rotatable bonds is 3. The Morgan fingerprint density at radius 3 is 2.64 bits per heavy atom. The van der Waals surface area contributed by atoms with Crippen LogP contribution >= 0.6 is 0 Å². The molecule has 0 amide bonds. The lowest BCUT2D eigenvalue weighted by atomic mass is 9.88. The van der Waals surface area contributed by atoms with Crippen molar-refractivity contribution in [2.24, 2.45) is 11.3 Å². The van der Waals surface area contributed by atoms with Crippen LogP contribution in [0.1, 0.15) is 40.5 Å². The summed E-state index contributed by atoms with van der Waals surface area (Å²) < 4.78 is 0. The zero-order valence-corrected chi connectivity index (χ0v) is 9.92. The fourth-order valence-electron chi connectivity index (χ4n) is 2.20. The number of piperidine rings is 1. The maximum Gasteiger partial charge on any atom is 0.126 e. The highest BCUT2D eigenvalue weighted by Gasteiger charge is 2.29. The van der Waals surface area contributed by atoms with Crippen LogP contribution in [0.2, 0.25) is 0 Å². The largest absolute Gasteiger partial charge is 0.303 e. The highest BCUT2D eigenvalue weighted by atomic mass is 16.1. The lowest BCUT2D eigenvalue weighted by molar-refractivity contribution is -0.116. The third-order valence-corrected chi connectivity index (χ3v) is 3.43. The molecule has 1 saturated heterocycles. The second-order valence-electron chi connectivity index (χ2n) is 5.44. The molecule has 0 bridgehead atoms. The monoisotopic (exact) mass is 197 g/mol. The number of hydrogen-bond donors (Lipinski definition) is 0. The van der Waals surface area contributed by atoms with Gasteiger partial charge in [-0.3, -0.25) is 4.90 Å². The lowest BCUT2D eigenvalue weighted by Crippen LogP contribution is -2.47. The van der Waals surface area contributed by atoms with E-state index in [1.165, 1.54) is 12.8 Å². The van der Waals surface area contributed by atoms with Gasteiger partial charge in [-0.1, -0.05) is 20.8 Å². The molecule has 2 unspecified atom stereocenters. The van der Waals surface area contributed by atoms with E-state index in [1.807, 2.05) is 13.8 Å². The first-order valence-electron chi connectivity index (χ1n) is 5.66. The Kier molecular flexibility index (Phi) is 3.71. The standard InChI is InChI=1S/C12H23NO/c1-10-6-5-7-13(11(10)2)8-12(3,4)9-14/h9-11H,5-8H2,1-4H3. The van der Waals surface area contributed by atoms with Crippen LogP contribution in [0.3, 0.4) is 0 Å². The number of aldehydes is 1. The second-order valence-corrected chi connectivity index (χ2v) is 5.44. The number of likely N-dealkylation sites (tertiary alicyclic amines) is 1. The van der Waals surface area contributed by atoms with Crippen molar-refractivity contribution in [3.8, 4) is 0 Å². The van der Waals surface area contributed by atoms with Crippen molar-refractivity contribution in [3.05, 3.63) is 0 Å². The number of hydrogen-bond acceptors (Lipinski definition) is 2. The summed E-state index contributed by atoms with van der Waals surface area (Å²) in [6, 6.07) is 0.628. The summed E-state index contributed by atoms with van der Waals surface area (Å²) in [5.74, 6) is 0.770. The molecule has 1 aliphatic heterocycles. The van der Waals surface area contributed by atoms with E-state index >= 15 is 0 Å². The summed E-state index contributed by atoms with van der Waals surface area (Å²) in [6.07, 6.45) is 3.69. The molecule has 82 valence electrons. The van der Waals surface area contributed by atoms with Gasteiger partial charge >= 0.3 is 0 Å². The van der Waals surface area contributed by atoms with Gasteiger partial charge in [0.2, 0.25) is 0 Å². The summed E-state index contributed by atoms with van der Waals surface area (Å²) in [7, 11) is 0.